The lowest BCUT2D eigenvalue weighted by atomic mass is 9.97. The van der Waals surface area contributed by atoms with Crippen LogP contribution in [0.1, 0.15) is 22.3 Å². The third kappa shape index (κ3) is 3.90. The summed E-state index contributed by atoms with van der Waals surface area (Å²) in [6.07, 6.45) is 2.51. The van der Waals surface area contributed by atoms with Gasteiger partial charge in [0.05, 0.1) is 0 Å². The van der Waals surface area contributed by atoms with E-state index in [4.69, 9.17) is 0 Å². The topological polar surface area (TPSA) is 0 Å². The van der Waals surface area contributed by atoms with Gasteiger partial charge in [-0.25, -0.2) is 0 Å². The second-order valence-electron chi connectivity index (χ2n) is 4.02. The van der Waals surface area contributed by atoms with Crippen LogP contribution in [0.5, 0.6) is 0 Å². The van der Waals surface area contributed by atoms with E-state index in [9.17, 15) is 0 Å². The highest BCUT2D eigenvalue weighted by molar-refractivity contribution is 6.15. The molecule has 0 heterocycles. The smallest absolute Gasteiger partial charge is 0.0108 e. The Balaban J connectivity index is 0.000000686. The van der Waals surface area contributed by atoms with Gasteiger partial charge in [-0.3, -0.25) is 0 Å². The Hall–Kier alpha value is -1.27. The molecule has 0 fully saturated rings. The molecule has 2 rings (SSSR count). The molecule has 2 aromatic rings. The van der Waals surface area contributed by atoms with Crippen molar-refractivity contribution in [3.63, 3.8) is 0 Å². The molecule has 0 aliphatic carbocycles. The number of hydrogen-bond acceptors (Lipinski definition) is 0. The third-order valence-corrected chi connectivity index (χ3v) is 2.95. The van der Waals surface area contributed by atoms with Gasteiger partial charge in [-0.2, -0.15) is 0 Å². The molecule has 0 amide bonds. The van der Waals surface area contributed by atoms with Gasteiger partial charge in [0.15, 0.2) is 0 Å². The van der Waals surface area contributed by atoms with Crippen LogP contribution < -0.4 is 0 Å². The molecular weight excluding hydrogens is 228 g/mol. The predicted octanol–water partition coefficient (Wildman–Crippen LogP) is 4.75. The molecule has 90 valence electrons. The van der Waals surface area contributed by atoms with Gasteiger partial charge < -0.3 is 0 Å². The average molecular weight is 247 g/mol. The van der Waals surface area contributed by atoms with Gasteiger partial charge in [0.25, 0.3) is 0 Å². The summed E-state index contributed by atoms with van der Waals surface area (Å²) in [5.41, 5.74) is 5.61. The Morgan fingerprint density at radius 1 is 0.824 bits per heavy atom. The molecule has 0 unspecified atom stereocenters. The number of hydrogen-bond donors (Lipinski definition) is 0. The molecule has 0 aliphatic rings. The second kappa shape index (κ2) is 7.13. The van der Waals surface area contributed by atoms with E-state index in [1.54, 1.807) is 0 Å². The van der Waals surface area contributed by atoms with Gasteiger partial charge in [-0.15, -0.1) is 11.6 Å². The van der Waals surface area contributed by atoms with Crippen LogP contribution in [0.15, 0.2) is 48.5 Å². The van der Waals surface area contributed by atoms with Gasteiger partial charge >= 0.3 is 0 Å². The fourth-order valence-corrected chi connectivity index (χ4v) is 1.82. The van der Waals surface area contributed by atoms with Crippen LogP contribution in [-0.4, -0.2) is 6.38 Å². The lowest BCUT2D eigenvalue weighted by molar-refractivity contribution is 1.14. The van der Waals surface area contributed by atoms with Crippen molar-refractivity contribution >= 4 is 11.6 Å². The van der Waals surface area contributed by atoms with E-state index < -0.39 is 0 Å². The van der Waals surface area contributed by atoms with E-state index in [2.05, 4.69) is 74.0 Å². The molecule has 0 spiro atoms. The summed E-state index contributed by atoms with van der Waals surface area (Å²) in [7, 11) is 0. The zero-order chi connectivity index (χ0) is 12.7. The lowest BCUT2D eigenvalue weighted by Gasteiger charge is -2.08. The molecule has 0 bridgehead atoms. The normalized spacial score (nSPS) is 9.41. The van der Waals surface area contributed by atoms with E-state index in [1.165, 1.54) is 28.6 Å². The first-order valence-corrected chi connectivity index (χ1v) is 6.50. The van der Waals surface area contributed by atoms with E-state index in [-0.39, 0.29) is 0 Å². The van der Waals surface area contributed by atoms with Crippen molar-refractivity contribution in [2.45, 2.75) is 20.3 Å². The van der Waals surface area contributed by atoms with Gasteiger partial charge in [0, 0.05) is 6.38 Å². The van der Waals surface area contributed by atoms with Crippen molar-refractivity contribution in [3.8, 4) is 0 Å². The Labute approximate surface area is 109 Å². The van der Waals surface area contributed by atoms with Gasteiger partial charge in [0.2, 0.25) is 0 Å². The monoisotopic (exact) mass is 246 g/mol. The van der Waals surface area contributed by atoms with E-state index in [1.807, 2.05) is 0 Å². The molecule has 2 aromatic carbocycles. The molecule has 0 nitrogen and oxygen atoms in total. The fourth-order valence-electron chi connectivity index (χ4n) is 1.82. The molecule has 17 heavy (non-hydrogen) atoms. The molecule has 0 aromatic heterocycles. The third-order valence-electron chi connectivity index (χ3n) is 2.95. The summed E-state index contributed by atoms with van der Waals surface area (Å²) in [6, 6.07) is 17.1. The maximum absolute atomic E-state index is 4.64. The zero-order valence-electron chi connectivity index (χ0n) is 10.7. The van der Waals surface area contributed by atoms with Crippen molar-refractivity contribution in [3.05, 3.63) is 70.8 Å². The second-order valence-corrected chi connectivity index (χ2v) is 4.02. The van der Waals surface area contributed by atoms with Crippen molar-refractivity contribution in [2.75, 3.05) is 6.38 Å². The molecule has 0 saturated heterocycles. The molecule has 0 radical (unpaired) electrons. The molecular formula is C16H19Cl. The predicted molar refractivity (Wildman–Crippen MR) is 76.9 cm³/mol. The lowest BCUT2D eigenvalue weighted by Crippen LogP contribution is -1.93. The van der Waals surface area contributed by atoms with Crippen LogP contribution in [0, 0.1) is 13.8 Å². The largest absolute Gasteiger partial charge is 0.130 e. The molecule has 1 heteroatoms. The Morgan fingerprint density at radius 2 is 1.47 bits per heavy atom. The average Bonchev–Trinajstić information content (AvgIpc) is 2.39. The Bertz CT molecular complexity index is 446. The Kier molecular flexibility index (Phi) is 5.79. The Morgan fingerprint density at radius 3 is 2.12 bits per heavy atom. The highest BCUT2D eigenvalue weighted by atomic mass is 35.5. The zero-order valence-corrected chi connectivity index (χ0v) is 11.5. The van der Waals surface area contributed by atoms with Gasteiger partial charge in [-0.1, -0.05) is 48.5 Å². The summed E-state index contributed by atoms with van der Waals surface area (Å²) in [4.78, 5) is 0. The van der Waals surface area contributed by atoms with Crippen LogP contribution in [0.3, 0.4) is 0 Å². The van der Waals surface area contributed by atoms with Crippen LogP contribution in [0.25, 0.3) is 0 Å². The quantitative estimate of drug-likeness (QED) is 0.671. The summed E-state index contributed by atoms with van der Waals surface area (Å²) >= 11 is 4.64. The minimum atomic E-state index is 1.04. The number of halogens is 1. The SMILES string of the molecule is CCl.Cc1cccc(Cc2ccccc2)c1C. The van der Waals surface area contributed by atoms with Crippen LogP contribution in [-0.2, 0) is 6.42 Å². The highest BCUT2D eigenvalue weighted by Gasteiger charge is 2.01. The maximum Gasteiger partial charge on any atom is 0.0108 e. The minimum absolute atomic E-state index is 1.04. The fraction of sp³-hybridized carbons (Fsp3) is 0.250. The molecule has 0 saturated carbocycles. The van der Waals surface area contributed by atoms with Crippen LogP contribution in [0.4, 0.5) is 0 Å². The van der Waals surface area contributed by atoms with Crippen molar-refractivity contribution in [1.29, 1.82) is 0 Å². The van der Waals surface area contributed by atoms with Crippen molar-refractivity contribution in [1.82, 2.24) is 0 Å². The summed E-state index contributed by atoms with van der Waals surface area (Å²) in [6.45, 7) is 4.37. The van der Waals surface area contributed by atoms with E-state index in [0.717, 1.165) is 6.42 Å². The first-order chi connectivity index (χ1) is 8.27. The van der Waals surface area contributed by atoms with Crippen LogP contribution in [0.2, 0.25) is 0 Å². The van der Waals surface area contributed by atoms with Gasteiger partial charge in [-0.05, 0) is 42.5 Å². The minimum Gasteiger partial charge on any atom is -0.130 e. The number of rotatable bonds is 2. The molecule has 0 atom stereocenters. The maximum atomic E-state index is 4.64. The summed E-state index contributed by atoms with van der Waals surface area (Å²) in [5, 5.41) is 0. The summed E-state index contributed by atoms with van der Waals surface area (Å²) < 4.78 is 0. The van der Waals surface area contributed by atoms with Crippen molar-refractivity contribution in [2.24, 2.45) is 0 Å². The van der Waals surface area contributed by atoms with E-state index >= 15 is 0 Å². The molecule has 0 aliphatic heterocycles. The van der Waals surface area contributed by atoms with Crippen LogP contribution >= 0.6 is 11.6 Å². The standard InChI is InChI=1S/C15H16.CH3Cl/c1-12-7-6-10-15(13(12)2)11-14-8-4-3-5-9-14;1-2/h3-10H,11H2,1-2H3;1H3. The van der Waals surface area contributed by atoms with Crippen molar-refractivity contribution < 1.29 is 0 Å². The molecule has 0 N–H and O–H groups in total. The number of aryl methyl sites for hydroxylation is 1. The van der Waals surface area contributed by atoms with Gasteiger partial charge in [0.1, 0.15) is 0 Å². The first kappa shape index (κ1) is 13.8. The number of benzene rings is 2. The highest BCUT2D eigenvalue weighted by Crippen LogP contribution is 2.16. The summed E-state index contributed by atoms with van der Waals surface area (Å²) in [5.74, 6) is 0. The number of alkyl halides is 1. The van der Waals surface area contributed by atoms with E-state index in [0.29, 0.717) is 0 Å². The first-order valence-electron chi connectivity index (χ1n) is 5.74.